The minimum absolute atomic E-state index is 0.587. The predicted octanol–water partition coefficient (Wildman–Crippen LogP) is 3.18. The zero-order chi connectivity index (χ0) is 19.8. The number of pyridine rings is 1. The first kappa shape index (κ1) is 19.6. The largest absolute Gasteiger partial charge is 0.357 e. The summed E-state index contributed by atoms with van der Waals surface area (Å²) < 4.78 is 1.99. The van der Waals surface area contributed by atoms with Crippen LogP contribution in [0.15, 0.2) is 59.7 Å². The van der Waals surface area contributed by atoms with E-state index in [2.05, 4.69) is 41.6 Å². The number of aromatic nitrogens is 3. The molecular formula is C22H28N6. The summed E-state index contributed by atoms with van der Waals surface area (Å²) in [5.74, 6) is 0.810. The molecule has 0 aliphatic rings. The van der Waals surface area contributed by atoms with E-state index < -0.39 is 0 Å². The molecule has 2 aromatic heterocycles. The lowest BCUT2D eigenvalue weighted by molar-refractivity contribution is 0.787. The summed E-state index contributed by atoms with van der Waals surface area (Å²) in [7, 11) is 0. The molecule has 1 aromatic carbocycles. The van der Waals surface area contributed by atoms with Crippen LogP contribution < -0.4 is 10.6 Å². The maximum Gasteiger partial charge on any atom is 0.191 e. The first-order valence-electron chi connectivity index (χ1n) is 9.71. The van der Waals surface area contributed by atoms with Crippen LogP contribution in [0, 0.1) is 13.8 Å². The van der Waals surface area contributed by atoms with E-state index >= 15 is 0 Å². The number of hydrogen-bond donors (Lipinski definition) is 2. The minimum Gasteiger partial charge on any atom is -0.357 e. The molecule has 2 heterocycles. The van der Waals surface area contributed by atoms with E-state index in [1.807, 2.05) is 54.2 Å². The summed E-state index contributed by atoms with van der Waals surface area (Å²) in [5.41, 5.74) is 5.43. The fourth-order valence-corrected chi connectivity index (χ4v) is 3.08. The zero-order valence-corrected chi connectivity index (χ0v) is 16.8. The van der Waals surface area contributed by atoms with Gasteiger partial charge in [-0.2, -0.15) is 5.10 Å². The first-order chi connectivity index (χ1) is 13.7. The van der Waals surface area contributed by atoms with Gasteiger partial charge in [0.2, 0.25) is 0 Å². The van der Waals surface area contributed by atoms with Gasteiger partial charge in [0.1, 0.15) is 0 Å². The van der Waals surface area contributed by atoms with Gasteiger partial charge in [-0.05, 0) is 45.0 Å². The number of benzene rings is 1. The number of para-hydroxylation sites is 1. The number of hydrogen-bond acceptors (Lipinski definition) is 3. The van der Waals surface area contributed by atoms with Crippen molar-refractivity contribution in [3.05, 3.63) is 77.4 Å². The molecule has 3 rings (SSSR count). The molecule has 3 aromatic rings. The van der Waals surface area contributed by atoms with Gasteiger partial charge in [-0.25, -0.2) is 9.67 Å². The van der Waals surface area contributed by atoms with E-state index in [1.165, 1.54) is 0 Å². The SMILES string of the molecule is CCNC(=NCc1c(C)nn(-c2ccccc2)c1C)NCCc1ccccn1. The Hall–Kier alpha value is -3.15. The van der Waals surface area contributed by atoms with Gasteiger partial charge in [0.05, 0.1) is 17.9 Å². The van der Waals surface area contributed by atoms with Gasteiger partial charge in [-0.1, -0.05) is 24.3 Å². The van der Waals surface area contributed by atoms with Crippen LogP contribution in [0.3, 0.4) is 0 Å². The summed E-state index contributed by atoms with van der Waals surface area (Å²) >= 11 is 0. The van der Waals surface area contributed by atoms with E-state index in [1.54, 1.807) is 0 Å². The van der Waals surface area contributed by atoms with Crippen molar-refractivity contribution in [1.82, 2.24) is 25.4 Å². The van der Waals surface area contributed by atoms with Crippen LogP contribution in [0.2, 0.25) is 0 Å². The predicted molar refractivity (Wildman–Crippen MR) is 114 cm³/mol. The summed E-state index contributed by atoms with van der Waals surface area (Å²) in [5, 5.41) is 11.4. The number of rotatable bonds is 7. The summed E-state index contributed by atoms with van der Waals surface area (Å²) in [6, 6.07) is 16.2. The first-order valence-corrected chi connectivity index (χ1v) is 9.71. The highest BCUT2D eigenvalue weighted by Gasteiger charge is 2.12. The van der Waals surface area contributed by atoms with Crippen molar-refractivity contribution in [2.75, 3.05) is 13.1 Å². The molecule has 0 fully saturated rings. The average Bonchev–Trinajstić information content (AvgIpc) is 3.01. The maximum absolute atomic E-state index is 4.76. The number of aryl methyl sites for hydroxylation is 1. The molecule has 0 spiro atoms. The second-order valence-corrected chi connectivity index (χ2v) is 6.59. The molecule has 0 amide bonds. The lowest BCUT2D eigenvalue weighted by Gasteiger charge is -2.11. The molecule has 2 N–H and O–H groups in total. The van der Waals surface area contributed by atoms with Crippen molar-refractivity contribution < 1.29 is 0 Å². The Kier molecular flexibility index (Phi) is 6.78. The molecule has 0 aliphatic carbocycles. The highest BCUT2D eigenvalue weighted by molar-refractivity contribution is 5.79. The van der Waals surface area contributed by atoms with Crippen molar-refractivity contribution in [2.45, 2.75) is 33.7 Å². The Labute approximate surface area is 166 Å². The summed E-state index contributed by atoms with van der Waals surface area (Å²) in [6.07, 6.45) is 2.68. The Balaban J connectivity index is 1.68. The van der Waals surface area contributed by atoms with Crippen LogP contribution >= 0.6 is 0 Å². The lowest BCUT2D eigenvalue weighted by Crippen LogP contribution is -2.38. The Morgan fingerprint density at radius 1 is 1.04 bits per heavy atom. The second kappa shape index (κ2) is 9.69. The smallest absolute Gasteiger partial charge is 0.191 e. The molecule has 6 nitrogen and oxygen atoms in total. The Bertz CT molecular complexity index is 900. The standard InChI is InChI=1S/C22H28N6/c1-4-23-22(25-15-13-19-10-8-9-14-24-19)26-16-21-17(2)27-28(18(21)3)20-11-6-5-7-12-20/h5-12,14H,4,13,15-16H2,1-3H3,(H2,23,25,26). The summed E-state index contributed by atoms with van der Waals surface area (Å²) in [6.45, 7) is 8.39. The molecule has 0 saturated carbocycles. The van der Waals surface area contributed by atoms with Crippen LogP contribution in [0.25, 0.3) is 5.69 Å². The molecule has 0 unspecified atom stereocenters. The third kappa shape index (κ3) is 4.97. The van der Waals surface area contributed by atoms with Crippen LogP contribution in [0.5, 0.6) is 0 Å². The Morgan fingerprint density at radius 3 is 2.54 bits per heavy atom. The van der Waals surface area contributed by atoms with E-state index in [9.17, 15) is 0 Å². The highest BCUT2D eigenvalue weighted by atomic mass is 15.3. The molecular weight excluding hydrogens is 348 g/mol. The number of aliphatic imine (C=N–C) groups is 1. The second-order valence-electron chi connectivity index (χ2n) is 6.59. The van der Waals surface area contributed by atoms with Crippen molar-refractivity contribution in [1.29, 1.82) is 0 Å². The van der Waals surface area contributed by atoms with Crippen LogP contribution in [-0.2, 0) is 13.0 Å². The minimum atomic E-state index is 0.587. The van der Waals surface area contributed by atoms with Crippen molar-refractivity contribution in [3.8, 4) is 5.69 Å². The van der Waals surface area contributed by atoms with Gasteiger partial charge < -0.3 is 10.6 Å². The van der Waals surface area contributed by atoms with Crippen LogP contribution in [-0.4, -0.2) is 33.8 Å². The van der Waals surface area contributed by atoms with E-state index in [4.69, 9.17) is 10.1 Å². The molecule has 146 valence electrons. The molecule has 28 heavy (non-hydrogen) atoms. The fraction of sp³-hybridized carbons (Fsp3) is 0.318. The van der Waals surface area contributed by atoms with Gasteiger partial charge in [-0.3, -0.25) is 4.98 Å². The third-order valence-corrected chi connectivity index (χ3v) is 4.58. The average molecular weight is 377 g/mol. The quantitative estimate of drug-likeness (QED) is 0.491. The molecule has 0 aliphatic heterocycles. The normalized spacial score (nSPS) is 11.5. The van der Waals surface area contributed by atoms with Gasteiger partial charge in [0.15, 0.2) is 5.96 Å². The van der Waals surface area contributed by atoms with Crippen LogP contribution in [0.1, 0.15) is 29.6 Å². The topological polar surface area (TPSA) is 67.1 Å². The molecule has 0 saturated heterocycles. The van der Waals surface area contributed by atoms with Gasteiger partial charge in [-0.15, -0.1) is 0 Å². The van der Waals surface area contributed by atoms with Gasteiger partial charge in [0, 0.05) is 42.7 Å². The van der Waals surface area contributed by atoms with Crippen molar-refractivity contribution in [2.24, 2.45) is 4.99 Å². The zero-order valence-electron chi connectivity index (χ0n) is 16.8. The molecule has 0 atom stereocenters. The van der Waals surface area contributed by atoms with Crippen molar-refractivity contribution >= 4 is 5.96 Å². The number of guanidine groups is 1. The fourth-order valence-electron chi connectivity index (χ4n) is 3.08. The Morgan fingerprint density at radius 2 is 1.82 bits per heavy atom. The monoisotopic (exact) mass is 376 g/mol. The van der Waals surface area contributed by atoms with E-state index in [0.29, 0.717) is 6.54 Å². The van der Waals surface area contributed by atoms with Gasteiger partial charge >= 0.3 is 0 Å². The summed E-state index contributed by atoms with van der Waals surface area (Å²) in [4.78, 5) is 9.12. The molecule has 6 heteroatoms. The third-order valence-electron chi connectivity index (χ3n) is 4.58. The lowest BCUT2D eigenvalue weighted by atomic mass is 10.2. The van der Waals surface area contributed by atoms with Crippen LogP contribution in [0.4, 0.5) is 0 Å². The van der Waals surface area contributed by atoms with Gasteiger partial charge in [0.25, 0.3) is 0 Å². The van der Waals surface area contributed by atoms with Crippen molar-refractivity contribution in [3.63, 3.8) is 0 Å². The van der Waals surface area contributed by atoms with E-state index in [-0.39, 0.29) is 0 Å². The molecule has 0 radical (unpaired) electrons. The number of nitrogens with one attached hydrogen (secondary N) is 2. The van der Waals surface area contributed by atoms with E-state index in [0.717, 1.165) is 53.8 Å². The molecule has 0 bridgehead atoms. The highest BCUT2D eigenvalue weighted by Crippen LogP contribution is 2.18. The maximum atomic E-state index is 4.76. The number of nitrogens with zero attached hydrogens (tertiary/aromatic N) is 4.